The van der Waals surface area contributed by atoms with Crippen LogP contribution in [-0.4, -0.2) is 49.9 Å². The van der Waals surface area contributed by atoms with Crippen molar-refractivity contribution in [2.75, 3.05) is 26.0 Å². The molecule has 1 unspecified atom stereocenters. The van der Waals surface area contributed by atoms with Crippen LogP contribution in [0.2, 0.25) is 0 Å². The number of hydrogen-bond acceptors (Lipinski definition) is 4. The van der Waals surface area contributed by atoms with E-state index >= 15 is 0 Å². The summed E-state index contributed by atoms with van der Waals surface area (Å²) in [6.07, 6.45) is 0.312. The molecule has 0 fully saturated rings. The van der Waals surface area contributed by atoms with Gasteiger partial charge >= 0.3 is 0 Å². The van der Waals surface area contributed by atoms with Crippen molar-refractivity contribution in [3.05, 3.63) is 35.9 Å². The van der Waals surface area contributed by atoms with Crippen molar-refractivity contribution in [2.24, 2.45) is 0 Å². The summed E-state index contributed by atoms with van der Waals surface area (Å²) in [6.45, 7) is 2.65. The molecule has 1 aromatic carbocycles. The molecule has 1 N–H and O–H groups in total. The number of nitrogens with zero attached hydrogens (tertiary/aromatic N) is 1. The predicted octanol–water partition coefficient (Wildman–Crippen LogP) is 0.846. The summed E-state index contributed by atoms with van der Waals surface area (Å²) in [5, 5.41) is 9.76. The molecule has 108 valence electrons. The molecule has 0 aromatic heterocycles. The molecule has 0 saturated heterocycles. The number of benzene rings is 1. The molecule has 0 bridgehead atoms. The van der Waals surface area contributed by atoms with Crippen LogP contribution in [-0.2, 0) is 21.4 Å². The van der Waals surface area contributed by atoms with E-state index in [1.54, 1.807) is 6.92 Å². The Kier molecular flexibility index (Phi) is 6.44. The van der Waals surface area contributed by atoms with E-state index in [9.17, 15) is 13.5 Å². The van der Waals surface area contributed by atoms with Crippen molar-refractivity contribution in [3.63, 3.8) is 0 Å². The molecule has 0 heterocycles. The summed E-state index contributed by atoms with van der Waals surface area (Å²) in [6, 6.07) is 9.61. The van der Waals surface area contributed by atoms with E-state index in [-0.39, 0.29) is 13.2 Å². The molecule has 1 atom stereocenters. The molecule has 0 spiro atoms. The maximum absolute atomic E-state index is 11.4. The van der Waals surface area contributed by atoms with Crippen LogP contribution in [0.4, 0.5) is 0 Å². The average Bonchev–Trinajstić information content (AvgIpc) is 2.36. The van der Waals surface area contributed by atoms with Gasteiger partial charge in [-0.2, -0.15) is 4.31 Å². The number of hydrogen-bond donors (Lipinski definition) is 1. The Morgan fingerprint density at radius 2 is 1.95 bits per heavy atom. The molecule has 0 aliphatic heterocycles. The van der Waals surface area contributed by atoms with Crippen molar-refractivity contribution < 1.29 is 18.3 Å². The lowest BCUT2D eigenvalue weighted by Crippen LogP contribution is -2.38. The molecule has 0 saturated carbocycles. The van der Waals surface area contributed by atoms with Gasteiger partial charge < -0.3 is 9.84 Å². The first kappa shape index (κ1) is 16.1. The minimum absolute atomic E-state index is 0.0596. The number of aliphatic hydroxyl groups excluding tert-OH is 1. The molecular formula is C13H21NO4S. The molecule has 1 aromatic rings. The molecule has 6 heteroatoms. The van der Waals surface area contributed by atoms with Crippen LogP contribution in [0.15, 0.2) is 30.3 Å². The number of sulfonamides is 1. The van der Waals surface area contributed by atoms with E-state index in [2.05, 4.69) is 0 Å². The van der Waals surface area contributed by atoms with Gasteiger partial charge in [0.05, 0.1) is 25.6 Å². The second-order valence-electron chi connectivity index (χ2n) is 4.37. The molecular weight excluding hydrogens is 266 g/mol. The summed E-state index contributed by atoms with van der Waals surface area (Å²) in [7, 11) is -3.27. The van der Waals surface area contributed by atoms with Crippen LogP contribution in [0.5, 0.6) is 0 Å². The standard InChI is InChI=1S/C13H21NO4S/c1-3-14(19(2,16)17)9-13(15)11-18-10-12-7-5-4-6-8-12/h4-8,13,15H,3,9-11H2,1-2H3. The largest absolute Gasteiger partial charge is 0.389 e. The van der Waals surface area contributed by atoms with E-state index in [4.69, 9.17) is 4.74 Å². The third kappa shape index (κ3) is 6.15. The van der Waals surface area contributed by atoms with Crippen molar-refractivity contribution in [2.45, 2.75) is 19.6 Å². The average molecular weight is 287 g/mol. The Labute approximate surface area is 114 Å². The van der Waals surface area contributed by atoms with Crippen LogP contribution in [0.1, 0.15) is 12.5 Å². The van der Waals surface area contributed by atoms with Crippen molar-refractivity contribution in [3.8, 4) is 0 Å². The second-order valence-corrected chi connectivity index (χ2v) is 6.35. The second kappa shape index (κ2) is 7.59. The Morgan fingerprint density at radius 3 is 2.47 bits per heavy atom. The lowest BCUT2D eigenvalue weighted by Gasteiger charge is -2.21. The fourth-order valence-electron chi connectivity index (χ4n) is 1.67. The van der Waals surface area contributed by atoms with Gasteiger partial charge in [0.1, 0.15) is 0 Å². The van der Waals surface area contributed by atoms with E-state index in [1.165, 1.54) is 4.31 Å². The zero-order valence-corrected chi connectivity index (χ0v) is 12.1. The molecule has 0 aliphatic rings. The topological polar surface area (TPSA) is 66.8 Å². The maximum Gasteiger partial charge on any atom is 0.211 e. The number of aliphatic hydroxyl groups is 1. The summed E-state index contributed by atoms with van der Waals surface area (Å²) in [5.74, 6) is 0. The lowest BCUT2D eigenvalue weighted by atomic mass is 10.2. The first-order valence-corrected chi connectivity index (χ1v) is 8.03. The zero-order valence-electron chi connectivity index (χ0n) is 11.3. The first-order valence-electron chi connectivity index (χ1n) is 6.18. The summed E-state index contributed by atoms with van der Waals surface area (Å²) in [5.41, 5.74) is 1.02. The SMILES string of the molecule is CCN(CC(O)COCc1ccccc1)S(C)(=O)=O. The van der Waals surface area contributed by atoms with Gasteiger partial charge in [-0.05, 0) is 5.56 Å². The highest BCUT2D eigenvalue weighted by atomic mass is 32.2. The van der Waals surface area contributed by atoms with Crippen molar-refractivity contribution >= 4 is 10.0 Å². The van der Waals surface area contributed by atoms with E-state index in [0.29, 0.717) is 13.2 Å². The summed E-state index contributed by atoms with van der Waals surface area (Å²) >= 11 is 0. The van der Waals surface area contributed by atoms with Crippen LogP contribution in [0, 0.1) is 0 Å². The van der Waals surface area contributed by atoms with Gasteiger partial charge in [-0.15, -0.1) is 0 Å². The first-order chi connectivity index (χ1) is 8.93. The van der Waals surface area contributed by atoms with Gasteiger partial charge in [0.25, 0.3) is 0 Å². The van der Waals surface area contributed by atoms with Gasteiger partial charge in [-0.3, -0.25) is 0 Å². The molecule has 0 amide bonds. The molecule has 1 rings (SSSR count). The summed E-state index contributed by atoms with van der Waals surface area (Å²) < 4.78 is 29.3. The number of ether oxygens (including phenoxy) is 1. The van der Waals surface area contributed by atoms with Crippen LogP contribution in [0.3, 0.4) is 0 Å². The maximum atomic E-state index is 11.4. The molecule has 0 radical (unpaired) electrons. The highest BCUT2D eigenvalue weighted by Gasteiger charge is 2.18. The molecule has 19 heavy (non-hydrogen) atoms. The smallest absolute Gasteiger partial charge is 0.211 e. The van der Waals surface area contributed by atoms with Crippen LogP contribution < -0.4 is 0 Å². The zero-order chi connectivity index (χ0) is 14.3. The van der Waals surface area contributed by atoms with Gasteiger partial charge in [-0.25, -0.2) is 8.42 Å². The fourth-order valence-corrected chi connectivity index (χ4v) is 2.59. The Morgan fingerprint density at radius 1 is 1.32 bits per heavy atom. The Bertz CT molecular complexity index is 461. The third-order valence-electron chi connectivity index (χ3n) is 2.66. The molecule has 0 aliphatic carbocycles. The van der Waals surface area contributed by atoms with Gasteiger partial charge in [0.15, 0.2) is 0 Å². The van der Waals surface area contributed by atoms with Crippen LogP contribution in [0.25, 0.3) is 0 Å². The highest BCUT2D eigenvalue weighted by molar-refractivity contribution is 7.88. The summed E-state index contributed by atoms with van der Waals surface area (Å²) in [4.78, 5) is 0. The van der Waals surface area contributed by atoms with Crippen molar-refractivity contribution in [1.29, 1.82) is 0 Å². The Hall–Kier alpha value is -0.950. The van der Waals surface area contributed by atoms with Gasteiger partial charge in [0, 0.05) is 13.1 Å². The Balaban J connectivity index is 2.33. The monoisotopic (exact) mass is 287 g/mol. The van der Waals surface area contributed by atoms with E-state index in [1.807, 2.05) is 30.3 Å². The minimum atomic E-state index is -3.27. The lowest BCUT2D eigenvalue weighted by molar-refractivity contribution is 0.0207. The van der Waals surface area contributed by atoms with Crippen molar-refractivity contribution in [1.82, 2.24) is 4.31 Å². The third-order valence-corrected chi connectivity index (χ3v) is 4.00. The number of likely N-dealkylation sites (N-methyl/N-ethyl adjacent to an activating group) is 1. The van der Waals surface area contributed by atoms with E-state index in [0.717, 1.165) is 11.8 Å². The predicted molar refractivity (Wildman–Crippen MR) is 74.2 cm³/mol. The van der Waals surface area contributed by atoms with Gasteiger partial charge in [0.2, 0.25) is 10.0 Å². The van der Waals surface area contributed by atoms with E-state index < -0.39 is 16.1 Å². The van der Waals surface area contributed by atoms with Gasteiger partial charge in [-0.1, -0.05) is 37.3 Å². The number of rotatable bonds is 8. The van der Waals surface area contributed by atoms with Crippen LogP contribution >= 0.6 is 0 Å². The highest BCUT2D eigenvalue weighted by Crippen LogP contribution is 2.03. The quantitative estimate of drug-likeness (QED) is 0.769. The fraction of sp³-hybridized carbons (Fsp3) is 0.538. The molecule has 5 nitrogen and oxygen atoms in total. The normalized spacial score (nSPS) is 13.7. The minimum Gasteiger partial charge on any atom is -0.389 e.